The number of aliphatic hydroxyl groups is 7. The maximum atomic E-state index is 12.5. The Balaban J connectivity index is 1.61. The van der Waals surface area contributed by atoms with Gasteiger partial charge in [0.25, 0.3) is 0 Å². The first-order valence-electron chi connectivity index (χ1n) is 17.5. The lowest BCUT2D eigenvalue weighted by Crippen LogP contribution is -2.62. The third-order valence-electron chi connectivity index (χ3n) is 9.02. The lowest BCUT2D eigenvalue weighted by atomic mass is 9.99. The van der Waals surface area contributed by atoms with Crippen LogP contribution in [0.2, 0.25) is 0 Å². The minimum Gasteiger partial charge on any atom is -0.460 e. The molecule has 2 heterocycles. The highest BCUT2D eigenvalue weighted by Crippen LogP contribution is 2.36. The van der Waals surface area contributed by atoms with E-state index in [0.717, 1.165) is 19.3 Å². The molecule has 266 valence electrons. The van der Waals surface area contributed by atoms with E-state index < -0.39 is 80.6 Å². The Morgan fingerprint density at radius 1 is 0.622 bits per heavy atom. The van der Waals surface area contributed by atoms with Crippen molar-refractivity contribution in [1.29, 1.82) is 0 Å². The molecule has 9 atom stereocenters. The quantitative estimate of drug-likeness (QED) is 0.0565. The number of rotatable bonds is 25. The first-order valence-corrected chi connectivity index (χ1v) is 17.5. The molecular formula is C33H62O12. The van der Waals surface area contributed by atoms with Gasteiger partial charge in [0, 0.05) is 6.42 Å². The molecule has 0 bridgehead atoms. The minimum atomic E-state index is -2.25. The van der Waals surface area contributed by atoms with Gasteiger partial charge in [0.1, 0.15) is 49.3 Å². The summed E-state index contributed by atoms with van der Waals surface area (Å²) in [6, 6.07) is 0. The van der Waals surface area contributed by atoms with Crippen LogP contribution in [-0.2, 0) is 23.7 Å². The van der Waals surface area contributed by atoms with Gasteiger partial charge in [-0.3, -0.25) is 4.79 Å². The second-order valence-corrected chi connectivity index (χ2v) is 12.8. The van der Waals surface area contributed by atoms with Gasteiger partial charge in [-0.15, -0.1) is 0 Å². The highest BCUT2D eigenvalue weighted by molar-refractivity contribution is 5.69. The van der Waals surface area contributed by atoms with Gasteiger partial charge in [-0.05, 0) is 6.42 Å². The number of hydrogen-bond donors (Lipinski definition) is 7. The first kappa shape index (κ1) is 40.2. The summed E-state index contributed by atoms with van der Waals surface area (Å²) in [6.07, 6.45) is 9.40. The molecule has 0 aromatic carbocycles. The molecule has 0 unspecified atom stereocenters. The molecule has 0 spiro atoms. The Bertz CT molecular complexity index is 770. The maximum absolute atomic E-state index is 12.5. The number of ether oxygens (including phenoxy) is 4. The fourth-order valence-corrected chi connectivity index (χ4v) is 6.04. The fourth-order valence-electron chi connectivity index (χ4n) is 6.04. The fraction of sp³-hybridized carbons (Fsp3) is 0.970. The first-order chi connectivity index (χ1) is 21.7. The van der Waals surface area contributed by atoms with Gasteiger partial charge in [-0.1, -0.05) is 116 Å². The zero-order chi connectivity index (χ0) is 33.1. The molecule has 0 amide bonds. The van der Waals surface area contributed by atoms with Gasteiger partial charge in [0.2, 0.25) is 5.79 Å². The highest BCUT2D eigenvalue weighted by atomic mass is 16.8. The molecule has 45 heavy (non-hydrogen) atoms. The average molecular weight is 651 g/mol. The number of esters is 1. The standard InChI is InChI=1S/C33H62O12/c1-2-3-4-5-6-7-8-9-10-11-12-13-14-15-16-17-18-19-20-26(36)42-23-33(31(41)28(38)25(22-35)44-33)45-32-30(40)29(39)27(37)24(21-34)43-32/h24-25,27-32,34-35,37-41H,2-23H2,1H3/t24-,25-,27-,28-,29+,30-,31+,32-,33+/m1/s1. The van der Waals surface area contributed by atoms with Crippen molar-refractivity contribution in [3.05, 3.63) is 0 Å². The van der Waals surface area contributed by atoms with Crippen LogP contribution in [0.1, 0.15) is 129 Å². The normalized spacial score (nSPS) is 31.8. The van der Waals surface area contributed by atoms with Gasteiger partial charge in [0.15, 0.2) is 6.29 Å². The van der Waals surface area contributed by atoms with Gasteiger partial charge in [-0.2, -0.15) is 0 Å². The van der Waals surface area contributed by atoms with Crippen molar-refractivity contribution in [2.45, 2.75) is 184 Å². The van der Waals surface area contributed by atoms with E-state index in [1.807, 2.05) is 0 Å². The molecular weight excluding hydrogens is 588 g/mol. The van der Waals surface area contributed by atoms with Crippen LogP contribution in [-0.4, -0.2) is 116 Å². The molecule has 2 fully saturated rings. The Morgan fingerprint density at radius 3 is 1.53 bits per heavy atom. The third-order valence-corrected chi connectivity index (χ3v) is 9.02. The van der Waals surface area contributed by atoms with Gasteiger partial charge < -0.3 is 54.7 Å². The number of aliphatic hydroxyl groups excluding tert-OH is 7. The van der Waals surface area contributed by atoms with E-state index in [-0.39, 0.29) is 6.42 Å². The molecule has 12 nitrogen and oxygen atoms in total. The predicted octanol–water partition coefficient (Wildman–Crippen LogP) is 2.59. The number of hydrogen-bond acceptors (Lipinski definition) is 12. The summed E-state index contributed by atoms with van der Waals surface area (Å²) in [7, 11) is 0. The van der Waals surface area contributed by atoms with E-state index in [0.29, 0.717) is 6.42 Å². The minimum absolute atomic E-state index is 0.122. The Morgan fingerprint density at radius 2 is 1.09 bits per heavy atom. The Kier molecular flexibility index (Phi) is 20.2. The summed E-state index contributed by atoms with van der Waals surface area (Å²) in [5.74, 6) is -2.83. The molecule has 0 aromatic heterocycles. The van der Waals surface area contributed by atoms with Gasteiger partial charge in [0.05, 0.1) is 13.2 Å². The van der Waals surface area contributed by atoms with E-state index in [4.69, 9.17) is 18.9 Å². The lowest BCUT2D eigenvalue weighted by molar-refractivity contribution is -0.383. The summed E-state index contributed by atoms with van der Waals surface area (Å²) in [5.41, 5.74) is 0. The summed E-state index contributed by atoms with van der Waals surface area (Å²) in [4.78, 5) is 12.5. The zero-order valence-electron chi connectivity index (χ0n) is 27.3. The van der Waals surface area contributed by atoms with Crippen LogP contribution >= 0.6 is 0 Å². The monoisotopic (exact) mass is 650 g/mol. The van der Waals surface area contributed by atoms with E-state index >= 15 is 0 Å². The smallest absolute Gasteiger partial charge is 0.305 e. The predicted molar refractivity (Wildman–Crippen MR) is 166 cm³/mol. The molecule has 2 rings (SSSR count). The second kappa shape index (κ2) is 22.6. The van der Waals surface area contributed by atoms with Crippen molar-refractivity contribution in [2.24, 2.45) is 0 Å². The van der Waals surface area contributed by atoms with Crippen LogP contribution in [0.3, 0.4) is 0 Å². The van der Waals surface area contributed by atoms with E-state index in [1.54, 1.807) is 0 Å². The van der Waals surface area contributed by atoms with Crippen molar-refractivity contribution in [3.63, 3.8) is 0 Å². The molecule has 12 heteroatoms. The third kappa shape index (κ3) is 13.6. The van der Waals surface area contributed by atoms with Crippen molar-refractivity contribution < 1.29 is 59.5 Å². The summed E-state index contributed by atoms with van der Waals surface area (Å²) in [5, 5.41) is 70.5. The topological polar surface area (TPSA) is 196 Å². The summed E-state index contributed by atoms with van der Waals surface area (Å²) < 4.78 is 21.8. The van der Waals surface area contributed by atoms with E-state index in [9.17, 15) is 40.5 Å². The highest BCUT2D eigenvalue weighted by Gasteiger charge is 2.59. The van der Waals surface area contributed by atoms with Crippen LogP contribution in [0.25, 0.3) is 0 Å². The van der Waals surface area contributed by atoms with Crippen LogP contribution in [0, 0.1) is 0 Å². The molecule has 7 N–H and O–H groups in total. The average Bonchev–Trinajstić information content (AvgIpc) is 3.28. The lowest BCUT2D eigenvalue weighted by Gasteiger charge is -2.43. The van der Waals surface area contributed by atoms with Crippen LogP contribution in [0.5, 0.6) is 0 Å². The number of carbonyl (C=O) groups excluding carboxylic acids is 1. The second-order valence-electron chi connectivity index (χ2n) is 12.8. The van der Waals surface area contributed by atoms with Crippen molar-refractivity contribution in [1.82, 2.24) is 0 Å². The largest absolute Gasteiger partial charge is 0.460 e. The molecule has 0 saturated carbocycles. The Labute approximate surface area is 269 Å². The van der Waals surface area contributed by atoms with Crippen molar-refractivity contribution in [2.75, 3.05) is 19.8 Å². The molecule has 2 aliphatic heterocycles. The van der Waals surface area contributed by atoms with E-state index in [2.05, 4.69) is 6.92 Å². The molecule has 0 radical (unpaired) electrons. The van der Waals surface area contributed by atoms with Gasteiger partial charge >= 0.3 is 5.97 Å². The number of carbonyl (C=O) groups is 1. The molecule has 2 aliphatic rings. The van der Waals surface area contributed by atoms with E-state index in [1.165, 1.54) is 89.9 Å². The maximum Gasteiger partial charge on any atom is 0.305 e. The zero-order valence-corrected chi connectivity index (χ0v) is 27.3. The van der Waals surface area contributed by atoms with Crippen LogP contribution in [0.15, 0.2) is 0 Å². The van der Waals surface area contributed by atoms with Crippen molar-refractivity contribution >= 4 is 5.97 Å². The Hall–Kier alpha value is -0.930. The molecule has 2 saturated heterocycles. The van der Waals surface area contributed by atoms with Crippen LogP contribution in [0.4, 0.5) is 0 Å². The SMILES string of the molecule is CCCCCCCCCCCCCCCCCCCCC(=O)OC[C@@]1(O[C@H]2O[C@H](CO)[C@@H](O)[C@H](O)[C@H]2O)O[C@H](CO)[C@@H](O)[C@@H]1O. The summed E-state index contributed by atoms with van der Waals surface area (Å²) >= 11 is 0. The number of unbranched alkanes of at least 4 members (excludes halogenated alkanes) is 17. The van der Waals surface area contributed by atoms with Gasteiger partial charge in [-0.25, -0.2) is 0 Å². The summed E-state index contributed by atoms with van der Waals surface area (Å²) in [6.45, 7) is 0.154. The molecule has 0 aromatic rings. The van der Waals surface area contributed by atoms with Crippen molar-refractivity contribution in [3.8, 4) is 0 Å². The molecule has 0 aliphatic carbocycles. The van der Waals surface area contributed by atoms with Crippen LogP contribution < -0.4 is 0 Å².